The standard InChI is InChI=1S/C18H18ClN5/c1-11-8-13(3)17(14(19)9-11)23-18-22-16(10-20-24-18)21-15-7-5-4-6-12(15)2/h4-10H,1-3H3,(H2,21,22,23,24). The van der Waals surface area contributed by atoms with Crippen LogP contribution in [0.2, 0.25) is 5.02 Å². The Kier molecular flexibility index (Phi) is 4.62. The number of nitrogens with one attached hydrogen (secondary N) is 2. The fourth-order valence-corrected chi connectivity index (χ4v) is 2.82. The lowest BCUT2D eigenvalue weighted by Gasteiger charge is -2.12. The van der Waals surface area contributed by atoms with Gasteiger partial charge in [-0.25, -0.2) is 0 Å². The third-order valence-corrected chi connectivity index (χ3v) is 3.93. The number of aromatic nitrogens is 3. The van der Waals surface area contributed by atoms with E-state index < -0.39 is 0 Å². The predicted molar refractivity (Wildman–Crippen MR) is 98.5 cm³/mol. The second-order valence-corrected chi connectivity index (χ2v) is 6.08. The number of hydrogen-bond acceptors (Lipinski definition) is 5. The minimum atomic E-state index is 0.391. The van der Waals surface area contributed by atoms with Gasteiger partial charge in [-0.1, -0.05) is 35.9 Å². The fourth-order valence-electron chi connectivity index (χ4n) is 2.45. The normalized spacial score (nSPS) is 10.5. The smallest absolute Gasteiger partial charge is 0.249 e. The molecule has 2 N–H and O–H groups in total. The van der Waals surface area contributed by atoms with E-state index in [1.165, 1.54) is 0 Å². The van der Waals surface area contributed by atoms with Crippen molar-refractivity contribution in [1.29, 1.82) is 0 Å². The van der Waals surface area contributed by atoms with Gasteiger partial charge in [0.2, 0.25) is 5.95 Å². The van der Waals surface area contributed by atoms with Crippen molar-refractivity contribution < 1.29 is 0 Å². The third kappa shape index (κ3) is 3.63. The van der Waals surface area contributed by atoms with Crippen LogP contribution < -0.4 is 10.6 Å². The van der Waals surface area contributed by atoms with Gasteiger partial charge in [-0.2, -0.15) is 10.1 Å². The summed E-state index contributed by atoms with van der Waals surface area (Å²) in [5.41, 5.74) is 5.03. The van der Waals surface area contributed by atoms with Gasteiger partial charge in [-0.3, -0.25) is 0 Å². The molecule has 0 saturated heterocycles. The molecule has 122 valence electrons. The van der Waals surface area contributed by atoms with Crippen LogP contribution in [0.5, 0.6) is 0 Å². The van der Waals surface area contributed by atoms with Crippen LogP contribution in [0.15, 0.2) is 42.6 Å². The first kappa shape index (κ1) is 16.2. The van der Waals surface area contributed by atoms with Gasteiger partial charge >= 0.3 is 0 Å². The van der Waals surface area contributed by atoms with E-state index in [4.69, 9.17) is 11.6 Å². The van der Waals surface area contributed by atoms with E-state index in [2.05, 4.69) is 31.9 Å². The number of hydrogen-bond donors (Lipinski definition) is 2. The summed E-state index contributed by atoms with van der Waals surface area (Å²) in [4.78, 5) is 4.45. The Hall–Kier alpha value is -2.66. The van der Waals surface area contributed by atoms with E-state index in [1.807, 2.05) is 51.1 Å². The van der Waals surface area contributed by atoms with Crippen LogP contribution in [0, 0.1) is 20.8 Å². The maximum atomic E-state index is 6.32. The molecule has 3 aromatic rings. The van der Waals surface area contributed by atoms with E-state index in [9.17, 15) is 0 Å². The number of aryl methyl sites for hydroxylation is 3. The summed E-state index contributed by atoms with van der Waals surface area (Å²) in [6.45, 7) is 6.03. The van der Waals surface area contributed by atoms with E-state index in [-0.39, 0.29) is 0 Å². The van der Waals surface area contributed by atoms with Crippen molar-refractivity contribution in [3.8, 4) is 0 Å². The highest BCUT2D eigenvalue weighted by Gasteiger charge is 2.09. The Morgan fingerprint density at radius 1 is 0.958 bits per heavy atom. The zero-order valence-corrected chi connectivity index (χ0v) is 14.5. The molecule has 0 bridgehead atoms. The van der Waals surface area contributed by atoms with Crippen molar-refractivity contribution in [3.05, 3.63) is 64.3 Å². The molecular weight excluding hydrogens is 322 g/mol. The van der Waals surface area contributed by atoms with Gasteiger partial charge in [0.25, 0.3) is 0 Å². The minimum Gasteiger partial charge on any atom is -0.339 e. The third-order valence-electron chi connectivity index (χ3n) is 3.64. The van der Waals surface area contributed by atoms with E-state index >= 15 is 0 Å². The molecule has 0 fully saturated rings. The molecule has 0 saturated carbocycles. The average Bonchev–Trinajstić information content (AvgIpc) is 2.53. The molecule has 0 unspecified atom stereocenters. The second kappa shape index (κ2) is 6.84. The molecule has 0 amide bonds. The lowest BCUT2D eigenvalue weighted by molar-refractivity contribution is 0.981. The van der Waals surface area contributed by atoms with Gasteiger partial charge < -0.3 is 10.6 Å². The molecule has 0 radical (unpaired) electrons. The first-order valence-electron chi connectivity index (χ1n) is 7.59. The lowest BCUT2D eigenvalue weighted by atomic mass is 10.1. The summed E-state index contributed by atoms with van der Waals surface area (Å²) < 4.78 is 0. The summed E-state index contributed by atoms with van der Waals surface area (Å²) >= 11 is 6.32. The highest BCUT2D eigenvalue weighted by molar-refractivity contribution is 6.33. The van der Waals surface area contributed by atoms with E-state index in [0.29, 0.717) is 16.8 Å². The Morgan fingerprint density at radius 2 is 1.75 bits per heavy atom. The molecule has 24 heavy (non-hydrogen) atoms. The molecule has 3 rings (SSSR count). The SMILES string of the molecule is Cc1cc(C)c(Nc2nncc(Nc3ccccc3C)n2)c(Cl)c1. The monoisotopic (exact) mass is 339 g/mol. The number of rotatable bonds is 4. The van der Waals surface area contributed by atoms with Gasteiger partial charge in [-0.05, 0) is 49.6 Å². The molecule has 0 atom stereocenters. The van der Waals surface area contributed by atoms with Gasteiger partial charge in [0.15, 0.2) is 5.82 Å². The summed E-state index contributed by atoms with van der Waals surface area (Å²) in [7, 11) is 0. The Morgan fingerprint density at radius 3 is 2.50 bits per heavy atom. The van der Waals surface area contributed by atoms with Crippen molar-refractivity contribution in [2.45, 2.75) is 20.8 Å². The summed E-state index contributed by atoms with van der Waals surface area (Å²) in [6, 6.07) is 11.9. The van der Waals surface area contributed by atoms with Gasteiger partial charge in [0.05, 0.1) is 16.9 Å². The van der Waals surface area contributed by atoms with Gasteiger partial charge in [0, 0.05) is 5.69 Å². The quantitative estimate of drug-likeness (QED) is 0.705. The zero-order chi connectivity index (χ0) is 17.1. The van der Waals surface area contributed by atoms with Crippen LogP contribution in [0.25, 0.3) is 0 Å². The van der Waals surface area contributed by atoms with E-state index in [1.54, 1.807) is 6.20 Å². The van der Waals surface area contributed by atoms with Crippen LogP contribution >= 0.6 is 11.6 Å². The van der Waals surface area contributed by atoms with Crippen molar-refractivity contribution in [2.75, 3.05) is 10.6 Å². The average molecular weight is 340 g/mol. The minimum absolute atomic E-state index is 0.391. The fraction of sp³-hybridized carbons (Fsp3) is 0.167. The second-order valence-electron chi connectivity index (χ2n) is 5.67. The molecule has 2 aromatic carbocycles. The first-order valence-corrected chi connectivity index (χ1v) is 7.97. The number of para-hydroxylation sites is 1. The Balaban J connectivity index is 1.85. The van der Waals surface area contributed by atoms with Crippen molar-refractivity contribution in [1.82, 2.24) is 15.2 Å². The highest BCUT2D eigenvalue weighted by Crippen LogP contribution is 2.29. The number of halogens is 1. The molecule has 0 aliphatic heterocycles. The molecule has 6 heteroatoms. The summed E-state index contributed by atoms with van der Waals surface area (Å²) in [5, 5.41) is 15.1. The molecule has 1 heterocycles. The summed E-state index contributed by atoms with van der Waals surface area (Å²) in [6.07, 6.45) is 1.58. The largest absolute Gasteiger partial charge is 0.339 e. The highest BCUT2D eigenvalue weighted by atomic mass is 35.5. The summed E-state index contributed by atoms with van der Waals surface area (Å²) in [5.74, 6) is 1.00. The van der Waals surface area contributed by atoms with Crippen LogP contribution in [-0.4, -0.2) is 15.2 Å². The van der Waals surface area contributed by atoms with Crippen LogP contribution in [0.3, 0.4) is 0 Å². The first-order chi connectivity index (χ1) is 11.5. The molecule has 5 nitrogen and oxygen atoms in total. The maximum Gasteiger partial charge on any atom is 0.249 e. The van der Waals surface area contributed by atoms with E-state index in [0.717, 1.165) is 28.1 Å². The Bertz CT molecular complexity index is 856. The Labute approximate surface area is 146 Å². The molecule has 0 aliphatic carbocycles. The number of nitrogens with zero attached hydrogens (tertiary/aromatic N) is 3. The topological polar surface area (TPSA) is 62.7 Å². The van der Waals surface area contributed by atoms with Crippen molar-refractivity contribution in [3.63, 3.8) is 0 Å². The van der Waals surface area contributed by atoms with Crippen molar-refractivity contribution in [2.24, 2.45) is 0 Å². The molecule has 1 aromatic heterocycles. The zero-order valence-electron chi connectivity index (χ0n) is 13.8. The lowest BCUT2D eigenvalue weighted by Crippen LogP contribution is -2.04. The van der Waals surface area contributed by atoms with Crippen molar-refractivity contribution >= 4 is 34.7 Å². The molecule has 0 aliphatic rings. The van der Waals surface area contributed by atoms with Gasteiger partial charge in [0.1, 0.15) is 0 Å². The van der Waals surface area contributed by atoms with Crippen LogP contribution in [0.1, 0.15) is 16.7 Å². The number of benzene rings is 2. The molecular formula is C18H18ClN5. The van der Waals surface area contributed by atoms with Gasteiger partial charge in [-0.15, -0.1) is 5.10 Å². The maximum absolute atomic E-state index is 6.32. The van der Waals surface area contributed by atoms with Crippen LogP contribution in [0.4, 0.5) is 23.1 Å². The number of anilines is 4. The predicted octanol–water partition coefficient (Wildman–Crippen LogP) is 4.94. The molecule has 0 spiro atoms. The van der Waals surface area contributed by atoms with Crippen LogP contribution in [-0.2, 0) is 0 Å².